The molecule has 0 spiro atoms. The van der Waals surface area contributed by atoms with Gasteiger partial charge in [0.05, 0.1) is 10.5 Å². The van der Waals surface area contributed by atoms with Gasteiger partial charge in [-0.05, 0) is 58.0 Å². The predicted octanol–water partition coefficient (Wildman–Crippen LogP) is 4.85. The molecule has 1 amide bonds. The van der Waals surface area contributed by atoms with Crippen LogP contribution >= 0.6 is 23.4 Å². The normalized spacial score (nSPS) is 18.5. The van der Waals surface area contributed by atoms with Crippen molar-refractivity contribution in [1.82, 2.24) is 10.2 Å². The lowest BCUT2D eigenvalue weighted by atomic mass is 10.1. The number of nitrogens with zero attached hydrogens (tertiary/aromatic N) is 1. The Hall–Kier alpha value is -1.64. The Bertz CT molecular complexity index is 807. The molecule has 1 aliphatic rings. The van der Waals surface area contributed by atoms with Crippen LogP contribution in [0.15, 0.2) is 35.4 Å². The number of allylic oxidation sites excluding steroid dienone is 1. The van der Waals surface area contributed by atoms with Gasteiger partial charge in [-0.25, -0.2) is 0 Å². The van der Waals surface area contributed by atoms with Crippen molar-refractivity contribution < 1.29 is 18.0 Å². The summed E-state index contributed by atoms with van der Waals surface area (Å²) in [6.45, 7) is 6.91. The van der Waals surface area contributed by atoms with Gasteiger partial charge in [0.2, 0.25) is 0 Å². The molecule has 1 heterocycles. The van der Waals surface area contributed by atoms with Gasteiger partial charge < -0.3 is 16.0 Å². The summed E-state index contributed by atoms with van der Waals surface area (Å²) in [5, 5.41) is 2.96. The lowest BCUT2D eigenvalue weighted by Crippen LogP contribution is -2.32. The number of hydrogen-bond donors (Lipinski definition) is 2. The Morgan fingerprint density at radius 1 is 1.45 bits per heavy atom. The van der Waals surface area contributed by atoms with Crippen molar-refractivity contribution in [2.75, 3.05) is 20.1 Å². The number of nitrogens with one attached hydrogen (secondary N) is 1. The van der Waals surface area contributed by atoms with Crippen LogP contribution in [-0.4, -0.2) is 37.0 Å². The van der Waals surface area contributed by atoms with Crippen LogP contribution in [0.3, 0.4) is 0 Å². The molecule has 0 radical (unpaired) electrons. The van der Waals surface area contributed by atoms with E-state index in [-0.39, 0.29) is 32.0 Å². The highest BCUT2D eigenvalue weighted by Gasteiger charge is 2.31. The smallest absolute Gasteiger partial charge is 0.401 e. The third kappa shape index (κ3) is 6.42. The first-order valence-corrected chi connectivity index (χ1v) is 10.4. The fourth-order valence-electron chi connectivity index (χ4n) is 3.18. The van der Waals surface area contributed by atoms with Crippen LogP contribution in [0.5, 0.6) is 0 Å². The van der Waals surface area contributed by atoms with E-state index in [0.29, 0.717) is 12.6 Å². The van der Waals surface area contributed by atoms with E-state index in [1.165, 1.54) is 6.07 Å². The highest BCUT2D eigenvalue weighted by molar-refractivity contribution is 8.12. The summed E-state index contributed by atoms with van der Waals surface area (Å²) in [5.74, 6) is -0.375. The van der Waals surface area contributed by atoms with Gasteiger partial charge in [-0.3, -0.25) is 4.79 Å². The molecule has 29 heavy (non-hydrogen) atoms. The van der Waals surface area contributed by atoms with E-state index in [0.717, 1.165) is 49.7 Å². The average molecular weight is 448 g/mol. The van der Waals surface area contributed by atoms with Crippen LogP contribution in [-0.2, 0) is 11.0 Å². The summed E-state index contributed by atoms with van der Waals surface area (Å²) in [6.07, 6.45) is -1.43. The van der Waals surface area contributed by atoms with Crippen LogP contribution in [0.25, 0.3) is 4.91 Å². The predicted molar refractivity (Wildman–Crippen MR) is 113 cm³/mol. The van der Waals surface area contributed by atoms with Crippen molar-refractivity contribution in [3.8, 4) is 0 Å². The molecule has 0 aliphatic carbocycles. The second-order valence-corrected chi connectivity index (χ2v) is 8.56. The summed E-state index contributed by atoms with van der Waals surface area (Å²) in [4.78, 5) is 15.3. The second kappa shape index (κ2) is 9.91. The molecule has 9 heteroatoms. The fraction of sp³-hybridized carbons (Fsp3) is 0.450. The van der Waals surface area contributed by atoms with Gasteiger partial charge in [0, 0.05) is 33.8 Å². The fourth-order valence-corrected chi connectivity index (χ4v) is 4.31. The molecule has 4 nitrogen and oxygen atoms in total. The van der Waals surface area contributed by atoms with E-state index in [1.807, 2.05) is 0 Å². The summed E-state index contributed by atoms with van der Waals surface area (Å²) >= 11 is 6.98. The highest BCUT2D eigenvalue weighted by Crippen LogP contribution is 2.39. The molecular formula is C20H25ClF3N3OS. The van der Waals surface area contributed by atoms with Gasteiger partial charge in [-0.15, -0.1) is 0 Å². The van der Waals surface area contributed by atoms with E-state index in [9.17, 15) is 18.0 Å². The van der Waals surface area contributed by atoms with E-state index in [4.69, 9.17) is 17.3 Å². The number of likely N-dealkylation sites (tertiary alicyclic amines) is 1. The molecule has 1 aromatic rings. The third-order valence-corrected chi connectivity index (χ3v) is 6.33. The molecule has 1 aromatic carbocycles. The number of nitrogens with two attached hydrogens (primary N) is 1. The first kappa shape index (κ1) is 23.6. The van der Waals surface area contributed by atoms with Crippen LogP contribution in [0.1, 0.15) is 37.3 Å². The molecule has 3 N–H and O–H groups in total. The maximum Gasteiger partial charge on any atom is 0.416 e. The van der Waals surface area contributed by atoms with Crippen molar-refractivity contribution in [2.45, 2.75) is 38.4 Å². The maximum absolute atomic E-state index is 13.0. The number of amides is 1. The third-order valence-electron chi connectivity index (χ3n) is 4.82. The lowest BCUT2D eigenvalue weighted by Gasteiger charge is -2.19. The minimum atomic E-state index is -4.50. The van der Waals surface area contributed by atoms with Crippen molar-refractivity contribution in [2.24, 2.45) is 5.73 Å². The monoisotopic (exact) mass is 447 g/mol. The van der Waals surface area contributed by atoms with Gasteiger partial charge in [-0.2, -0.15) is 13.2 Å². The van der Waals surface area contributed by atoms with E-state index in [2.05, 4.69) is 23.8 Å². The molecule has 1 aliphatic heterocycles. The molecule has 0 aromatic heterocycles. The molecule has 160 valence electrons. The summed E-state index contributed by atoms with van der Waals surface area (Å²) in [7, 11) is 2.06. The minimum Gasteiger partial charge on any atom is -0.401 e. The second-order valence-electron chi connectivity index (χ2n) is 7.05. The Kier molecular flexibility index (Phi) is 8.08. The number of thioether (sulfide) groups is 1. The quantitative estimate of drug-likeness (QED) is 0.586. The molecular weight excluding hydrogens is 423 g/mol. The Labute approximate surface area is 178 Å². The summed E-state index contributed by atoms with van der Waals surface area (Å²) in [6, 6.07) is 3.44. The number of rotatable bonds is 7. The van der Waals surface area contributed by atoms with Crippen LogP contribution in [0, 0.1) is 0 Å². The molecule has 1 saturated heterocycles. The maximum atomic E-state index is 13.0. The van der Waals surface area contributed by atoms with Gasteiger partial charge in [0.1, 0.15) is 0 Å². The Morgan fingerprint density at radius 2 is 2.14 bits per heavy atom. The summed E-state index contributed by atoms with van der Waals surface area (Å²) in [5.41, 5.74) is 5.39. The first-order chi connectivity index (χ1) is 13.5. The van der Waals surface area contributed by atoms with Crippen molar-refractivity contribution in [3.63, 3.8) is 0 Å². The highest BCUT2D eigenvalue weighted by atomic mass is 35.5. The number of hydrogen-bond acceptors (Lipinski definition) is 4. The first-order valence-electron chi connectivity index (χ1n) is 9.19. The van der Waals surface area contributed by atoms with Crippen molar-refractivity contribution in [3.05, 3.63) is 51.5 Å². The topological polar surface area (TPSA) is 58.4 Å². The zero-order chi connectivity index (χ0) is 21.8. The van der Waals surface area contributed by atoms with Gasteiger partial charge >= 0.3 is 6.18 Å². The number of carbonyl (C=O) groups is 1. The van der Waals surface area contributed by atoms with E-state index in [1.54, 1.807) is 6.92 Å². The lowest BCUT2D eigenvalue weighted by molar-refractivity contribution is -0.137. The number of benzene rings is 1. The largest absolute Gasteiger partial charge is 0.416 e. The summed E-state index contributed by atoms with van der Waals surface area (Å²) < 4.78 is 39.0. The molecule has 2 rings (SSSR count). The van der Waals surface area contributed by atoms with Crippen LogP contribution < -0.4 is 11.1 Å². The number of alkyl halides is 3. The molecule has 0 bridgehead atoms. The molecule has 0 saturated carbocycles. The number of carbonyl (C=O) groups excluding carboxylic acids is 1. The van der Waals surface area contributed by atoms with Crippen molar-refractivity contribution >= 4 is 34.2 Å². The van der Waals surface area contributed by atoms with Gasteiger partial charge in [-0.1, -0.05) is 29.9 Å². The minimum absolute atomic E-state index is 0.116. The van der Waals surface area contributed by atoms with Crippen molar-refractivity contribution in [1.29, 1.82) is 0 Å². The zero-order valence-corrected chi connectivity index (χ0v) is 18.0. The van der Waals surface area contributed by atoms with Crippen LogP contribution in [0.4, 0.5) is 13.2 Å². The average Bonchev–Trinajstić information content (AvgIpc) is 3.03. The van der Waals surface area contributed by atoms with Gasteiger partial charge in [0.25, 0.3) is 5.91 Å². The van der Waals surface area contributed by atoms with E-state index >= 15 is 0 Å². The molecule has 1 atom stereocenters. The number of halogens is 4. The zero-order valence-electron chi connectivity index (χ0n) is 16.4. The van der Waals surface area contributed by atoms with Gasteiger partial charge in [0.15, 0.2) is 0 Å². The Morgan fingerprint density at radius 3 is 2.69 bits per heavy atom. The Balaban J connectivity index is 2.06. The molecule has 1 unspecified atom stereocenters. The standard InChI is InChI=1S/C20H25ClF3N3OS/c1-12(25)18(19(28)26-9-8-15-5-4-10-27(15)3)29-13(2)16-11-14(20(22,23)24)6-7-17(16)21/h6-7,11,15H,2,4-5,8-10,25H2,1,3H3,(H,26,28)/b18-12-. The molecule has 1 fully saturated rings. The SMILES string of the molecule is C=C(S/C(C(=O)NCCC1CCCN1C)=C(/C)N)c1cc(C(F)(F)F)ccc1Cl. The van der Waals surface area contributed by atoms with Crippen LogP contribution in [0.2, 0.25) is 5.02 Å². The van der Waals surface area contributed by atoms with E-state index < -0.39 is 11.7 Å².